The molecule has 0 saturated heterocycles. The van der Waals surface area contributed by atoms with Gasteiger partial charge in [-0.15, -0.1) is 0 Å². The van der Waals surface area contributed by atoms with E-state index in [4.69, 9.17) is 11.6 Å². The second kappa shape index (κ2) is 6.54. The summed E-state index contributed by atoms with van der Waals surface area (Å²) < 4.78 is 0. The van der Waals surface area contributed by atoms with Crippen molar-refractivity contribution in [3.05, 3.63) is 29.8 Å². The van der Waals surface area contributed by atoms with Crippen molar-refractivity contribution in [2.45, 2.75) is 38.5 Å². The van der Waals surface area contributed by atoms with E-state index in [1.807, 2.05) is 12.1 Å². The van der Waals surface area contributed by atoms with Crippen LogP contribution in [0, 0.1) is 0 Å². The number of halogens is 1. The summed E-state index contributed by atoms with van der Waals surface area (Å²) in [6, 6.07) is 7.00. The van der Waals surface area contributed by atoms with Gasteiger partial charge in [0.25, 0.3) is 0 Å². The maximum atomic E-state index is 11.0. The van der Waals surface area contributed by atoms with Crippen molar-refractivity contribution in [1.82, 2.24) is 0 Å². The first-order valence-corrected chi connectivity index (χ1v) is 5.98. The minimum absolute atomic E-state index is 0.172. The highest BCUT2D eigenvalue weighted by atomic mass is 35.5. The first-order chi connectivity index (χ1) is 7.63. The molecule has 1 unspecified atom stereocenters. The smallest absolute Gasteiger partial charge is 0.222 e. The molecule has 1 aromatic carbocycles. The van der Waals surface area contributed by atoms with Crippen molar-refractivity contribution < 1.29 is 9.90 Å². The molecule has 0 bridgehead atoms. The van der Waals surface area contributed by atoms with E-state index >= 15 is 0 Å². The van der Waals surface area contributed by atoms with Gasteiger partial charge in [-0.2, -0.15) is 0 Å². The lowest BCUT2D eigenvalue weighted by Gasteiger charge is -2.14. The van der Waals surface area contributed by atoms with Gasteiger partial charge in [0.1, 0.15) is 5.75 Å². The summed E-state index contributed by atoms with van der Waals surface area (Å²) in [5, 5.41) is 8.91. The summed E-state index contributed by atoms with van der Waals surface area (Å²) >= 11 is 5.44. The van der Waals surface area contributed by atoms with E-state index in [0.29, 0.717) is 6.42 Å². The molecule has 2 nitrogen and oxygen atoms in total. The summed E-state index contributed by atoms with van der Waals surface area (Å²) in [6.45, 7) is 2.12. The zero-order chi connectivity index (χ0) is 12.0. The minimum atomic E-state index is -0.297. The van der Waals surface area contributed by atoms with E-state index in [9.17, 15) is 9.90 Å². The Morgan fingerprint density at radius 1 is 1.38 bits per heavy atom. The predicted octanol–water partition coefficient (Wildman–Crippen LogP) is 3.82. The fourth-order valence-electron chi connectivity index (χ4n) is 1.78. The summed E-state index contributed by atoms with van der Waals surface area (Å²) in [7, 11) is 0. The van der Waals surface area contributed by atoms with Crippen LogP contribution in [0.3, 0.4) is 0 Å². The number of hydrogen-bond acceptors (Lipinski definition) is 2. The highest BCUT2D eigenvalue weighted by Crippen LogP contribution is 2.27. The zero-order valence-corrected chi connectivity index (χ0v) is 10.2. The standard InChI is InChI=1S/C13H17ClO2/c1-2-3-4-11(9-13(14)16)10-5-7-12(15)8-6-10/h5-8,11,15H,2-4,9H2,1H3. The van der Waals surface area contributed by atoms with Gasteiger partial charge in [-0.05, 0) is 41.6 Å². The maximum Gasteiger partial charge on any atom is 0.222 e. The first-order valence-electron chi connectivity index (χ1n) is 5.60. The van der Waals surface area contributed by atoms with E-state index in [0.717, 1.165) is 24.8 Å². The number of unbranched alkanes of at least 4 members (excludes halogenated alkanes) is 1. The number of benzene rings is 1. The van der Waals surface area contributed by atoms with Gasteiger partial charge in [0.2, 0.25) is 5.24 Å². The monoisotopic (exact) mass is 240 g/mol. The average Bonchev–Trinajstić information content (AvgIpc) is 2.25. The van der Waals surface area contributed by atoms with Crippen LogP contribution >= 0.6 is 11.6 Å². The quantitative estimate of drug-likeness (QED) is 0.768. The number of carbonyl (C=O) groups excluding carboxylic acids is 1. The minimum Gasteiger partial charge on any atom is -0.508 e. The number of carbonyl (C=O) groups is 1. The van der Waals surface area contributed by atoms with Gasteiger partial charge in [0.15, 0.2) is 0 Å². The van der Waals surface area contributed by atoms with Crippen molar-refractivity contribution in [2.24, 2.45) is 0 Å². The Morgan fingerprint density at radius 3 is 2.50 bits per heavy atom. The zero-order valence-electron chi connectivity index (χ0n) is 9.45. The topological polar surface area (TPSA) is 37.3 Å². The third-order valence-electron chi connectivity index (χ3n) is 2.68. The van der Waals surface area contributed by atoms with E-state index in [1.165, 1.54) is 0 Å². The van der Waals surface area contributed by atoms with E-state index in [2.05, 4.69) is 6.92 Å². The van der Waals surface area contributed by atoms with Crippen LogP contribution in [0.25, 0.3) is 0 Å². The summed E-state index contributed by atoms with van der Waals surface area (Å²) in [6.07, 6.45) is 3.51. The van der Waals surface area contributed by atoms with Crippen molar-refractivity contribution in [3.63, 3.8) is 0 Å². The van der Waals surface area contributed by atoms with E-state index in [1.54, 1.807) is 12.1 Å². The molecule has 3 heteroatoms. The fourth-order valence-corrected chi connectivity index (χ4v) is 1.96. The largest absolute Gasteiger partial charge is 0.508 e. The van der Waals surface area contributed by atoms with E-state index < -0.39 is 0 Å². The number of hydrogen-bond donors (Lipinski definition) is 1. The highest BCUT2D eigenvalue weighted by Gasteiger charge is 2.14. The van der Waals surface area contributed by atoms with Crippen LogP contribution < -0.4 is 0 Å². The molecule has 0 aliphatic rings. The average molecular weight is 241 g/mol. The van der Waals surface area contributed by atoms with Gasteiger partial charge < -0.3 is 5.11 Å². The Morgan fingerprint density at radius 2 is 2.00 bits per heavy atom. The number of rotatable bonds is 6. The Labute approximate surface area is 101 Å². The maximum absolute atomic E-state index is 11.0. The van der Waals surface area contributed by atoms with Gasteiger partial charge in [0.05, 0.1) is 0 Å². The second-order valence-corrected chi connectivity index (χ2v) is 4.41. The third-order valence-corrected chi connectivity index (χ3v) is 2.83. The van der Waals surface area contributed by atoms with Crippen LogP contribution in [0.4, 0.5) is 0 Å². The number of aromatic hydroxyl groups is 1. The first kappa shape index (κ1) is 13.0. The van der Waals surface area contributed by atoms with Gasteiger partial charge in [-0.25, -0.2) is 0 Å². The van der Waals surface area contributed by atoms with Crippen LogP contribution in [-0.2, 0) is 4.79 Å². The predicted molar refractivity (Wildman–Crippen MR) is 65.8 cm³/mol. The molecule has 0 saturated carbocycles. The molecule has 1 N–H and O–H groups in total. The van der Waals surface area contributed by atoms with Gasteiger partial charge in [-0.1, -0.05) is 31.9 Å². The van der Waals surface area contributed by atoms with Crippen LogP contribution in [-0.4, -0.2) is 10.3 Å². The van der Waals surface area contributed by atoms with Crippen molar-refractivity contribution in [1.29, 1.82) is 0 Å². The van der Waals surface area contributed by atoms with Crippen molar-refractivity contribution >= 4 is 16.8 Å². The Bertz CT molecular complexity index is 332. The van der Waals surface area contributed by atoms with E-state index in [-0.39, 0.29) is 16.9 Å². The lowest BCUT2D eigenvalue weighted by Crippen LogP contribution is -2.03. The molecule has 0 aliphatic carbocycles. The molecule has 1 rings (SSSR count). The van der Waals surface area contributed by atoms with Crippen LogP contribution in [0.2, 0.25) is 0 Å². The van der Waals surface area contributed by atoms with Crippen molar-refractivity contribution in [3.8, 4) is 5.75 Å². The molecule has 0 radical (unpaired) electrons. The molecule has 0 heterocycles. The molecule has 0 aromatic heterocycles. The highest BCUT2D eigenvalue weighted by molar-refractivity contribution is 6.63. The summed E-state index contributed by atoms with van der Waals surface area (Å²) in [5.74, 6) is 0.417. The molecular formula is C13H17ClO2. The normalized spacial score (nSPS) is 12.4. The van der Waals surface area contributed by atoms with Crippen LogP contribution in [0.1, 0.15) is 44.1 Å². The lowest BCUT2D eigenvalue weighted by molar-refractivity contribution is -0.112. The van der Waals surface area contributed by atoms with Crippen LogP contribution in [0.5, 0.6) is 5.75 Å². The number of phenols is 1. The molecule has 88 valence electrons. The van der Waals surface area contributed by atoms with Crippen LogP contribution in [0.15, 0.2) is 24.3 Å². The fraction of sp³-hybridized carbons (Fsp3) is 0.462. The summed E-state index contributed by atoms with van der Waals surface area (Å²) in [5.41, 5.74) is 1.07. The Hall–Kier alpha value is -1.02. The molecule has 0 aliphatic heterocycles. The molecular weight excluding hydrogens is 224 g/mol. The van der Waals surface area contributed by atoms with Crippen molar-refractivity contribution in [2.75, 3.05) is 0 Å². The Kier molecular flexibility index (Phi) is 5.33. The molecule has 16 heavy (non-hydrogen) atoms. The Balaban J connectivity index is 2.74. The third kappa shape index (κ3) is 4.23. The molecule has 0 amide bonds. The molecule has 0 fully saturated rings. The van der Waals surface area contributed by atoms with Gasteiger partial charge >= 0.3 is 0 Å². The second-order valence-electron chi connectivity index (χ2n) is 3.99. The SMILES string of the molecule is CCCCC(CC(=O)Cl)c1ccc(O)cc1. The summed E-state index contributed by atoms with van der Waals surface area (Å²) in [4.78, 5) is 11.0. The van der Waals surface area contributed by atoms with Gasteiger partial charge in [-0.3, -0.25) is 4.79 Å². The molecule has 1 aromatic rings. The number of phenolic OH excluding ortho intramolecular Hbond substituents is 1. The van der Waals surface area contributed by atoms with Gasteiger partial charge in [0, 0.05) is 6.42 Å². The molecule has 0 spiro atoms. The lowest BCUT2D eigenvalue weighted by atomic mass is 9.91. The molecule has 1 atom stereocenters.